The van der Waals surface area contributed by atoms with E-state index in [4.69, 9.17) is 10.5 Å². The van der Waals surface area contributed by atoms with E-state index in [2.05, 4.69) is 27.0 Å². The maximum atomic E-state index is 10.8. The predicted octanol–water partition coefficient (Wildman–Crippen LogP) is 1.43. The molecule has 0 aromatic carbocycles. The Balaban J connectivity index is 2.14. The van der Waals surface area contributed by atoms with Crippen LogP contribution in [0.4, 0.5) is 5.82 Å². The van der Waals surface area contributed by atoms with E-state index in [0.29, 0.717) is 24.8 Å². The number of nitrogens with two attached hydrogens (primary N) is 1. The van der Waals surface area contributed by atoms with Crippen LogP contribution in [0.25, 0.3) is 0 Å². The second kappa shape index (κ2) is 7.31. The Bertz CT molecular complexity index is 670. The first-order valence-corrected chi connectivity index (χ1v) is 8.09. The molecule has 0 aliphatic heterocycles. The number of carbonyl (C=O) groups is 1. The minimum Gasteiger partial charge on any atom is -0.465 e. The smallest absolute Gasteiger partial charge is 0.302 e. The van der Waals surface area contributed by atoms with E-state index in [1.54, 1.807) is 17.5 Å². The number of hydrogen-bond donors (Lipinski definition) is 1. The van der Waals surface area contributed by atoms with Crippen LogP contribution < -0.4 is 10.3 Å². The first-order chi connectivity index (χ1) is 10.5. The monoisotopic (exact) mass is 321 g/mol. The Kier molecular flexibility index (Phi) is 5.43. The predicted molar refractivity (Wildman–Crippen MR) is 84.5 cm³/mol. The first kappa shape index (κ1) is 16.4. The van der Waals surface area contributed by atoms with Gasteiger partial charge in [-0.3, -0.25) is 4.79 Å². The summed E-state index contributed by atoms with van der Waals surface area (Å²) in [7, 11) is 0. The SMILES string of the molecule is CCc1c(CCOC(C)=O)sc[n+]1Cc1cnc(C)nc1N. The van der Waals surface area contributed by atoms with Gasteiger partial charge in [0.2, 0.25) is 5.51 Å². The quantitative estimate of drug-likeness (QED) is 0.643. The van der Waals surface area contributed by atoms with Crippen molar-refractivity contribution in [1.82, 2.24) is 9.97 Å². The van der Waals surface area contributed by atoms with Crippen LogP contribution in [0.3, 0.4) is 0 Å². The Labute approximate surface area is 134 Å². The zero-order valence-electron chi connectivity index (χ0n) is 13.1. The van der Waals surface area contributed by atoms with Crippen molar-refractivity contribution in [2.45, 2.75) is 40.2 Å². The fourth-order valence-corrected chi connectivity index (χ4v) is 3.32. The van der Waals surface area contributed by atoms with Crippen LogP contribution in [-0.4, -0.2) is 22.5 Å². The number of esters is 1. The highest BCUT2D eigenvalue weighted by atomic mass is 32.1. The summed E-state index contributed by atoms with van der Waals surface area (Å²) in [6.45, 7) is 6.43. The van der Waals surface area contributed by atoms with Crippen LogP contribution in [-0.2, 0) is 28.9 Å². The van der Waals surface area contributed by atoms with Crippen LogP contribution in [0.1, 0.15) is 35.8 Å². The van der Waals surface area contributed by atoms with Gasteiger partial charge in [0.15, 0.2) is 12.2 Å². The first-order valence-electron chi connectivity index (χ1n) is 7.21. The maximum Gasteiger partial charge on any atom is 0.302 e. The summed E-state index contributed by atoms with van der Waals surface area (Å²) in [4.78, 5) is 20.5. The number of ether oxygens (including phenoxy) is 1. The van der Waals surface area contributed by atoms with Crippen molar-refractivity contribution in [3.8, 4) is 0 Å². The van der Waals surface area contributed by atoms with Crippen molar-refractivity contribution >= 4 is 23.1 Å². The zero-order valence-corrected chi connectivity index (χ0v) is 13.9. The number of thiazole rings is 1. The second-order valence-corrected chi connectivity index (χ2v) is 5.93. The highest BCUT2D eigenvalue weighted by molar-refractivity contribution is 7.09. The normalized spacial score (nSPS) is 10.7. The topological polar surface area (TPSA) is 82.0 Å². The molecule has 0 saturated heterocycles. The van der Waals surface area contributed by atoms with Gasteiger partial charge in [-0.05, 0) is 6.92 Å². The van der Waals surface area contributed by atoms with Gasteiger partial charge in [0.25, 0.3) is 0 Å². The molecular weight excluding hydrogens is 300 g/mol. The van der Waals surface area contributed by atoms with Crippen LogP contribution >= 0.6 is 11.3 Å². The third kappa shape index (κ3) is 4.00. The molecule has 0 aliphatic rings. The molecule has 0 saturated carbocycles. The number of carbonyl (C=O) groups excluding carboxylic acids is 1. The van der Waals surface area contributed by atoms with Crippen molar-refractivity contribution in [3.63, 3.8) is 0 Å². The molecular formula is C15H21N4O2S+. The number of anilines is 1. The lowest BCUT2D eigenvalue weighted by molar-refractivity contribution is -0.690. The lowest BCUT2D eigenvalue weighted by atomic mass is 10.2. The molecule has 0 aliphatic carbocycles. The summed E-state index contributed by atoms with van der Waals surface area (Å²) >= 11 is 1.67. The fraction of sp³-hybridized carbons (Fsp3) is 0.467. The van der Waals surface area contributed by atoms with Crippen LogP contribution in [0.2, 0.25) is 0 Å². The van der Waals surface area contributed by atoms with Gasteiger partial charge in [-0.1, -0.05) is 18.3 Å². The van der Waals surface area contributed by atoms with E-state index < -0.39 is 0 Å². The van der Waals surface area contributed by atoms with Crippen LogP contribution in [0, 0.1) is 6.92 Å². The van der Waals surface area contributed by atoms with Crippen molar-refractivity contribution in [2.24, 2.45) is 0 Å². The number of nitrogens with zero attached hydrogens (tertiary/aromatic N) is 3. The van der Waals surface area contributed by atoms with Crippen molar-refractivity contribution < 1.29 is 14.1 Å². The van der Waals surface area contributed by atoms with Gasteiger partial charge in [0.05, 0.1) is 17.0 Å². The molecule has 118 valence electrons. The number of rotatable bonds is 6. The Morgan fingerprint density at radius 1 is 1.50 bits per heavy atom. The highest BCUT2D eigenvalue weighted by Crippen LogP contribution is 2.15. The van der Waals surface area contributed by atoms with E-state index >= 15 is 0 Å². The second-order valence-electron chi connectivity index (χ2n) is 4.99. The number of aromatic nitrogens is 3. The van der Waals surface area contributed by atoms with Gasteiger partial charge in [0.1, 0.15) is 11.6 Å². The third-order valence-corrected chi connectivity index (χ3v) is 4.40. The van der Waals surface area contributed by atoms with E-state index in [1.807, 2.05) is 6.92 Å². The average Bonchev–Trinajstić information content (AvgIpc) is 2.83. The van der Waals surface area contributed by atoms with E-state index in [1.165, 1.54) is 17.5 Å². The van der Waals surface area contributed by atoms with Crippen molar-refractivity contribution in [1.29, 1.82) is 0 Å². The van der Waals surface area contributed by atoms with E-state index in [9.17, 15) is 4.79 Å². The maximum absolute atomic E-state index is 10.8. The molecule has 0 spiro atoms. The molecule has 2 aromatic heterocycles. The van der Waals surface area contributed by atoms with Gasteiger partial charge in [-0.15, -0.1) is 0 Å². The molecule has 0 atom stereocenters. The summed E-state index contributed by atoms with van der Waals surface area (Å²) in [5, 5.41) is 0. The summed E-state index contributed by atoms with van der Waals surface area (Å²) in [5.74, 6) is 0.955. The molecule has 0 unspecified atom stereocenters. The third-order valence-electron chi connectivity index (χ3n) is 3.32. The lowest BCUT2D eigenvalue weighted by Gasteiger charge is -2.03. The molecule has 2 aromatic rings. The van der Waals surface area contributed by atoms with E-state index in [0.717, 1.165) is 18.4 Å². The summed E-state index contributed by atoms with van der Waals surface area (Å²) in [6, 6.07) is 0. The molecule has 2 heterocycles. The largest absolute Gasteiger partial charge is 0.465 e. The highest BCUT2D eigenvalue weighted by Gasteiger charge is 2.19. The minimum atomic E-state index is -0.243. The fourth-order valence-electron chi connectivity index (χ4n) is 2.26. The Morgan fingerprint density at radius 3 is 2.91 bits per heavy atom. The standard InChI is InChI=1S/C15H21N4O2S/c1-4-13-14(5-6-21-11(3)20)22-9-19(13)8-12-7-17-10(2)18-15(12)16/h7,9H,4-6,8H2,1-3H3,(H2,16,17,18)/q+1. The van der Waals surface area contributed by atoms with Crippen molar-refractivity contribution in [2.75, 3.05) is 12.3 Å². The van der Waals surface area contributed by atoms with E-state index in [-0.39, 0.29) is 5.97 Å². The average molecular weight is 321 g/mol. The molecule has 7 heteroatoms. The minimum absolute atomic E-state index is 0.243. The zero-order chi connectivity index (χ0) is 16.1. The van der Waals surface area contributed by atoms with Gasteiger partial charge in [0, 0.05) is 26.0 Å². The number of hydrogen-bond acceptors (Lipinski definition) is 6. The van der Waals surface area contributed by atoms with Crippen LogP contribution in [0.5, 0.6) is 0 Å². The van der Waals surface area contributed by atoms with Crippen molar-refractivity contribution in [3.05, 3.63) is 33.7 Å². The summed E-state index contributed by atoms with van der Waals surface area (Å²) in [6.07, 6.45) is 3.42. The molecule has 0 bridgehead atoms. The van der Waals surface area contributed by atoms with Gasteiger partial charge in [-0.25, -0.2) is 9.97 Å². The molecule has 22 heavy (non-hydrogen) atoms. The molecule has 6 nitrogen and oxygen atoms in total. The number of aryl methyl sites for hydroxylation is 1. The Morgan fingerprint density at radius 2 is 2.27 bits per heavy atom. The molecule has 0 radical (unpaired) electrons. The number of nitrogen functional groups attached to an aromatic ring is 1. The lowest BCUT2D eigenvalue weighted by Crippen LogP contribution is -2.37. The Hall–Kier alpha value is -2.02. The van der Waals surface area contributed by atoms with Crippen LogP contribution in [0.15, 0.2) is 11.7 Å². The molecule has 0 fully saturated rings. The summed E-state index contributed by atoms with van der Waals surface area (Å²) in [5.41, 5.74) is 10.2. The molecule has 2 N–H and O–H groups in total. The molecule has 0 amide bonds. The molecule has 2 rings (SSSR count). The van der Waals surface area contributed by atoms with Gasteiger partial charge < -0.3 is 10.5 Å². The van der Waals surface area contributed by atoms with Gasteiger partial charge >= 0.3 is 5.97 Å². The summed E-state index contributed by atoms with van der Waals surface area (Å²) < 4.78 is 7.19. The van der Waals surface area contributed by atoms with Gasteiger partial charge in [-0.2, -0.15) is 4.57 Å².